The second-order valence-electron chi connectivity index (χ2n) is 6.61. The molecule has 30 heavy (non-hydrogen) atoms. The van der Waals surface area contributed by atoms with Crippen LogP contribution < -0.4 is 5.56 Å². The van der Waals surface area contributed by atoms with Gasteiger partial charge >= 0.3 is 5.97 Å². The lowest BCUT2D eigenvalue weighted by molar-refractivity contribution is 0.0457. The van der Waals surface area contributed by atoms with E-state index in [9.17, 15) is 9.59 Å². The molecule has 0 unspecified atom stereocenters. The molecule has 4 aromatic rings. The third-order valence-electron chi connectivity index (χ3n) is 4.73. The zero-order chi connectivity index (χ0) is 20.9. The van der Waals surface area contributed by atoms with Gasteiger partial charge in [0.2, 0.25) is 0 Å². The number of ether oxygens (including phenoxy) is 1. The maximum absolute atomic E-state index is 12.7. The van der Waals surface area contributed by atoms with Crippen molar-refractivity contribution in [3.05, 3.63) is 101 Å². The quantitative estimate of drug-likeness (QED) is 0.478. The summed E-state index contributed by atoms with van der Waals surface area (Å²) in [5.41, 5.74) is 2.60. The molecule has 3 aromatic carbocycles. The predicted molar refractivity (Wildman–Crippen MR) is 113 cm³/mol. The highest BCUT2D eigenvalue weighted by atomic mass is 16.5. The first kappa shape index (κ1) is 19.1. The number of hydrogen-bond acceptors (Lipinski definition) is 5. The van der Waals surface area contributed by atoms with Crippen LogP contribution in [0.4, 0.5) is 0 Å². The van der Waals surface area contributed by atoms with Gasteiger partial charge in [0.05, 0.1) is 22.5 Å². The van der Waals surface area contributed by atoms with Crippen molar-refractivity contribution in [3.8, 4) is 17.2 Å². The Morgan fingerprint density at radius 2 is 1.60 bits per heavy atom. The lowest BCUT2D eigenvalue weighted by Crippen LogP contribution is -2.26. The monoisotopic (exact) mass is 395 g/mol. The van der Waals surface area contributed by atoms with Gasteiger partial charge in [-0.1, -0.05) is 54.6 Å². The number of benzene rings is 3. The van der Waals surface area contributed by atoms with Gasteiger partial charge in [-0.25, -0.2) is 9.78 Å². The molecule has 146 valence electrons. The van der Waals surface area contributed by atoms with Crippen molar-refractivity contribution in [1.82, 2.24) is 9.55 Å². The summed E-state index contributed by atoms with van der Waals surface area (Å²) in [5.74, 6) is -0.296. The fraction of sp³-hybridized carbons (Fsp3) is 0.0833. The van der Waals surface area contributed by atoms with Crippen LogP contribution in [0.25, 0.3) is 22.0 Å². The van der Waals surface area contributed by atoms with Crippen LogP contribution >= 0.6 is 0 Å². The van der Waals surface area contributed by atoms with E-state index in [4.69, 9.17) is 10.00 Å². The number of fused-ring (bicyclic) bond motifs is 1. The Morgan fingerprint density at radius 1 is 0.933 bits per heavy atom. The van der Waals surface area contributed by atoms with Gasteiger partial charge in [0.15, 0.2) is 5.82 Å². The zero-order valence-electron chi connectivity index (χ0n) is 16.0. The summed E-state index contributed by atoms with van der Waals surface area (Å²) in [5, 5.41) is 9.49. The number of carbonyl (C=O) groups is 1. The molecule has 0 saturated carbocycles. The van der Waals surface area contributed by atoms with Crippen LogP contribution in [-0.2, 0) is 17.9 Å². The molecule has 6 heteroatoms. The SMILES string of the molecule is N#CCn1c(COC(=O)c2ccc(-c3ccccc3)cc2)nc2ccccc2c1=O. The summed E-state index contributed by atoms with van der Waals surface area (Å²) in [7, 11) is 0. The lowest BCUT2D eigenvalue weighted by atomic mass is 10.0. The Kier molecular flexibility index (Phi) is 5.35. The predicted octanol–water partition coefficient (Wildman–Crippen LogP) is 3.94. The highest BCUT2D eigenvalue weighted by Gasteiger charge is 2.14. The zero-order valence-corrected chi connectivity index (χ0v) is 16.0. The fourth-order valence-electron chi connectivity index (χ4n) is 3.20. The number of esters is 1. The van der Waals surface area contributed by atoms with Crippen molar-refractivity contribution >= 4 is 16.9 Å². The van der Waals surface area contributed by atoms with Crippen LogP contribution in [0.3, 0.4) is 0 Å². The number of hydrogen-bond donors (Lipinski definition) is 0. The molecule has 0 saturated heterocycles. The average Bonchev–Trinajstić information content (AvgIpc) is 2.80. The largest absolute Gasteiger partial charge is 0.454 e. The van der Waals surface area contributed by atoms with Crippen LogP contribution in [0, 0.1) is 11.3 Å². The van der Waals surface area contributed by atoms with Crippen molar-refractivity contribution in [2.24, 2.45) is 0 Å². The molecular formula is C24H17N3O3. The number of rotatable bonds is 5. The fourth-order valence-corrected chi connectivity index (χ4v) is 3.20. The van der Waals surface area contributed by atoms with Gasteiger partial charge in [0.1, 0.15) is 13.2 Å². The minimum Gasteiger partial charge on any atom is -0.454 e. The maximum Gasteiger partial charge on any atom is 0.338 e. The van der Waals surface area contributed by atoms with Crippen molar-refractivity contribution in [2.75, 3.05) is 0 Å². The molecule has 0 amide bonds. The molecule has 0 aliphatic heterocycles. The summed E-state index contributed by atoms with van der Waals surface area (Å²) in [6.45, 7) is -0.379. The van der Waals surface area contributed by atoms with E-state index in [1.165, 1.54) is 4.57 Å². The highest BCUT2D eigenvalue weighted by molar-refractivity contribution is 5.90. The number of aromatic nitrogens is 2. The Morgan fingerprint density at radius 3 is 2.33 bits per heavy atom. The topological polar surface area (TPSA) is 85.0 Å². The molecule has 0 spiro atoms. The van der Waals surface area contributed by atoms with E-state index < -0.39 is 5.97 Å². The first-order chi connectivity index (χ1) is 14.7. The summed E-state index contributed by atoms with van der Waals surface area (Å²) in [4.78, 5) is 29.5. The molecule has 0 aliphatic carbocycles. The summed E-state index contributed by atoms with van der Waals surface area (Å²) in [6, 6.07) is 25.8. The Labute approximate surface area is 172 Å². The van der Waals surface area contributed by atoms with E-state index in [2.05, 4.69) is 4.98 Å². The highest BCUT2D eigenvalue weighted by Crippen LogP contribution is 2.19. The number of nitriles is 1. The summed E-state index contributed by atoms with van der Waals surface area (Å²) < 4.78 is 6.61. The first-order valence-corrected chi connectivity index (χ1v) is 9.35. The number of carbonyl (C=O) groups excluding carboxylic acids is 1. The van der Waals surface area contributed by atoms with E-state index in [1.807, 2.05) is 48.5 Å². The molecule has 6 nitrogen and oxygen atoms in total. The first-order valence-electron chi connectivity index (χ1n) is 9.35. The molecule has 0 N–H and O–H groups in total. The van der Waals surface area contributed by atoms with Crippen LogP contribution in [0.15, 0.2) is 83.7 Å². The second-order valence-corrected chi connectivity index (χ2v) is 6.61. The minimum absolute atomic E-state index is 0.171. The van der Waals surface area contributed by atoms with Gasteiger partial charge in [0, 0.05) is 0 Å². The Bertz CT molecular complexity index is 1300. The number of nitrogens with zero attached hydrogens (tertiary/aromatic N) is 3. The standard InChI is InChI=1S/C24H17N3O3/c25-14-15-27-22(26-21-9-5-4-8-20(21)23(27)28)16-30-24(29)19-12-10-18(11-13-19)17-6-2-1-3-7-17/h1-13H,15-16H2. The van der Waals surface area contributed by atoms with E-state index in [1.54, 1.807) is 36.4 Å². The lowest BCUT2D eigenvalue weighted by Gasteiger charge is -2.11. The van der Waals surface area contributed by atoms with Gasteiger partial charge in [-0.2, -0.15) is 5.26 Å². The molecule has 0 aliphatic rings. The Balaban J connectivity index is 1.55. The van der Waals surface area contributed by atoms with Crippen LogP contribution in [0.1, 0.15) is 16.2 Å². The molecule has 0 radical (unpaired) electrons. The van der Waals surface area contributed by atoms with Crippen LogP contribution in [-0.4, -0.2) is 15.5 Å². The van der Waals surface area contributed by atoms with Crippen molar-refractivity contribution in [1.29, 1.82) is 5.26 Å². The molecule has 1 aromatic heterocycles. The summed E-state index contributed by atoms with van der Waals surface area (Å²) >= 11 is 0. The average molecular weight is 395 g/mol. The molecule has 1 heterocycles. The van der Waals surface area contributed by atoms with Gasteiger partial charge in [0.25, 0.3) is 5.56 Å². The van der Waals surface area contributed by atoms with E-state index in [-0.39, 0.29) is 24.5 Å². The van der Waals surface area contributed by atoms with Gasteiger partial charge in [-0.05, 0) is 35.4 Å². The van der Waals surface area contributed by atoms with E-state index >= 15 is 0 Å². The third-order valence-corrected chi connectivity index (χ3v) is 4.73. The molecule has 0 fully saturated rings. The van der Waals surface area contributed by atoms with E-state index in [0.717, 1.165) is 11.1 Å². The van der Waals surface area contributed by atoms with Crippen LogP contribution in [0.2, 0.25) is 0 Å². The third kappa shape index (κ3) is 3.82. The van der Waals surface area contributed by atoms with Crippen molar-refractivity contribution < 1.29 is 9.53 Å². The van der Waals surface area contributed by atoms with Gasteiger partial charge in [-0.3, -0.25) is 9.36 Å². The smallest absolute Gasteiger partial charge is 0.338 e. The van der Waals surface area contributed by atoms with Gasteiger partial charge < -0.3 is 4.74 Å². The number of para-hydroxylation sites is 1. The molecule has 0 bridgehead atoms. The van der Waals surface area contributed by atoms with E-state index in [0.29, 0.717) is 16.5 Å². The minimum atomic E-state index is -0.527. The summed E-state index contributed by atoms with van der Waals surface area (Å²) in [6.07, 6.45) is 0. The second kappa shape index (κ2) is 8.41. The molecule has 0 atom stereocenters. The van der Waals surface area contributed by atoms with Crippen molar-refractivity contribution in [2.45, 2.75) is 13.2 Å². The normalized spacial score (nSPS) is 10.5. The Hall–Kier alpha value is -4.24. The van der Waals surface area contributed by atoms with Crippen molar-refractivity contribution in [3.63, 3.8) is 0 Å². The van der Waals surface area contributed by atoms with Crippen LogP contribution in [0.5, 0.6) is 0 Å². The molecule has 4 rings (SSSR count). The maximum atomic E-state index is 12.7. The molecular weight excluding hydrogens is 378 g/mol. The van der Waals surface area contributed by atoms with Gasteiger partial charge in [-0.15, -0.1) is 0 Å².